The molecule has 2 aromatic rings. The maximum absolute atomic E-state index is 12.9. The molecule has 2 aromatic carbocycles. The van der Waals surface area contributed by atoms with Crippen molar-refractivity contribution in [2.24, 2.45) is 17.8 Å². The summed E-state index contributed by atoms with van der Waals surface area (Å²) in [4.78, 5) is 17.9. The van der Waals surface area contributed by atoms with Crippen LogP contribution >= 0.6 is 0 Å². The first-order valence-corrected chi connectivity index (χ1v) is 16.8. The molecule has 2 saturated heterocycles. The monoisotopic (exact) mass is 591 g/mol. The molecule has 0 bridgehead atoms. The number of likely N-dealkylation sites (tertiary alicyclic amines) is 2. The van der Waals surface area contributed by atoms with Gasteiger partial charge in [-0.2, -0.15) is 0 Å². The smallest absolute Gasteiger partial charge is 0.412 e. The van der Waals surface area contributed by atoms with Gasteiger partial charge in [0.2, 0.25) is 0 Å². The molecule has 3 fully saturated rings. The van der Waals surface area contributed by atoms with Gasteiger partial charge in [-0.3, -0.25) is 5.32 Å². The topological polar surface area (TPSA) is 74.3 Å². The van der Waals surface area contributed by atoms with Gasteiger partial charge in [0.05, 0.1) is 11.8 Å². The van der Waals surface area contributed by atoms with Crippen LogP contribution in [0.2, 0.25) is 0 Å². The van der Waals surface area contributed by atoms with Crippen molar-refractivity contribution in [3.05, 3.63) is 54.6 Å². The van der Waals surface area contributed by atoms with E-state index in [0.717, 1.165) is 107 Å². The summed E-state index contributed by atoms with van der Waals surface area (Å²) in [6.45, 7) is 12.4. The minimum Gasteiger partial charge on any atom is -0.443 e. The highest BCUT2D eigenvalue weighted by Crippen LogP contribution is 2.40. The standard InChI is InChI=1S/C36H53N3O4/c1-28-16-17-34(40)32-27-39(26-31(28)32)21-9-11-25-42-24-10-8-20-38-22-18-36(2,19-23-38)43-35(41)37-33-15-7-6-14-30(33)29-12-4-3-5-13-29/h3-7,12-15,28,31-32,34,40H,8-11,16-27H2,1-2H3,(H,37,41)/t28-,31?,32-,34-/m0/s1. The number of anilines is 1. The average Bonchev–Trinajstić information content (AvgIpc) is 3.45. The summed E-state index contributed by atoms with van der Waals surface area (Å²) in [7, 11) is 0. The van der Waals surface area contributed by atoms with Crippen molar-refractivity contribution in [2.45, 2.75) is 76.9 Å². The summed E-state index contributed by atoms with van der Waals surface area (Å²) in [6, 6.07) is 17.9. The van der Waals surface area contributed by atoms with E-state index in [9.17, 15) is 9.90 Å². The molecule has 4 atom stereocenters. The van der Waals surface area contributed by atoms with Crippen LogP contribution < -0.4 is 5.32 Å². The molecule has 1 amide bonds. The molecule has 2 heterocycles. The predicted octanol–water partition coefficient (Wildman–Crippen LogP) is 6.67. The Hall–Kier alpha value is -2.45. The fraction of sp³-hybridized carbons (Fsp3) is 0.639. The third-order valence-electron chi connectivity index (χ3n) is 10.2. The van der Waals surface area contributed by atoms with E-state index in [4.69, 9.17) is 9.47 Å². The SMILES string of the molecule is C[C@H]1CC[C@H](O)[C@H]2CN(CCCCOCCCCN3CCC(C)(OC(=O)Nc4ccccc4-c4ccccc4)CC3)CC12. The quantitative estimate of drug-likeness (QED) is 0.254. The molecule has 0 aromatic heterocycles. The average molecular weight is 592 g/mol. The molecule has 7 nitrogen and oxygen atoms in total. The molecule has 1 saturated carbocycles. The number of piperidine rings is 1. The van der Waals surface area contributed by atoms with Crippen LogP contribution in [-0.4, -0.2) is 85.2 Å². The van der Waals surface area contributed by atoms with E-state index in [-0.39, 0.29) is 12.2 Å². The summed E-state index contributed by atoms with van der Waals surface area (Å²) in [6.07, 6.45) is 7.88. The van der Waals surface area contributed by atoms with E-state index < -0.39 is 5.60 Å². The van der Waals surface area contributed by atoms with Crippen LogP contribution in [0.5, 0.6) is 0 Å². The van der Waals surface area contributed by atoms with Gasteiger partial charge in [0, 0.05) is 50.9 Å². The van der Waals surface area contributed by atoms with E-state index in [1.807, 2.05) is 54.6 Å². The Morgan fingerprint density at radius 2 is 1.53 bits per heavy atom. The first-order chi connectivity index (χ1) is 20.9. The third-order valence-corrected chi connectivity index (χ3v) is 10.2. The Labute approximate surface area is 258 Å². The van der Waals surface area contributed by atoms with Gasteiger partial charge in [-0.15, -0.1) is 0 Å². The number of ether oxygens (including phenoxy) is 2. The van der Waals surface area contributed by atoms with E-state index in [1.165, 1.54) is 19.4 Å². The number of para-hydroxylation sites is 1. The fourth-order valence-corrected chi connectivity index (χ4v) is 7.35. The number of aliphatic hydroxyl groups is 1. The Morgan fingerprint density at radius 3 is 2.26 bits per heavy atom. The van der Waals surface area contributed by atoms with Crippen LogP contribution in [0.25, 0.3) is 11.1 Å². The van der Waals surface area contributed by atoms with Crippen LogP contribution in [0.4, 0.5) is 10.5 Å². The molecule has 0 spiro atoms. The number of aliphatic hydroxyl groups excluding tert-OH is 1. The Bertz CT molecular complexity index is 1120. The molecular formula is C36H53N3O4. The second-order valence-corrected chi connectivity index (χ2v) is 13.5. The lowest BCUT2D eigenvalue weighted by atomic mass is 9.73. The number of nitrogens with zero attached hydrogens (tertiary/aromatic N) is 2. The van der Waals surface area contributed by atoms with Crippen molar-refractivity contribution in [3.63, 3.8) is 0 Å². The highest BCUT2D eigenvalue weighted by molar-refractivity contribution is 5.91. The maximum atomic E-state index is 12.9. The van der Waals surface area contributed by atoms with Crippen molar-refractivity contribution in [3.8, 4) is 11.1 Å². The van der Waals surface area contributed by atoms with Crippen molar-refractivity contribution < 1.29 is 19.4 Å². The summed E-state index contributed by atoms with van der Waals surface area (Å²) < 4.78 is 11.9. The molecule has 1 aliphatic carbocycles. The number of nitrogens with one attached hydrogen (secondary N) is 1. The molecule has 0 radical (unpaired) electrons. The van der Waals surface area contributed by atoms with Gasteiger partial charge in [-0.05, 0) is 94.8 Å². The zero-order chi connectivity index (χ0) is 30.1. The van der Waals surface area contributed by atoms with Crippen molar-refractivity contribution in [1.82, 2.24) is 9.80 Å². The van der Waals surface area contributed by atoms with Crippen LogP contribution in [0.3, 0.4) is 0 Å². The van der Waals surface area contributed by atoms with E-state index in [1.54, 1.807) is 0 Å². The Balaban J connectivity index is 0.903. The zero-order valence-electron chi connectivity index (χ0n) is 26.4. The lowest BCUT2D eigenvalue weighted by Crippen LogP contribution is -2.46. The molecule has 2 aliphatic heterocycles. The number of hydrogen-bond acceptors (Lipinski definition) is 6. The van der Waals surface area contributed by atoms with Gasteiger partial charge < -0.3 is 24.4 Å². The molecule has 7 heteroatoms. The van der Waals surface area contributed by atoms with Gasteiger partial charge in [0.1, 0.15) is 5.60 Å². The molecule has 2 N–H and O–H groups in total. The van der Waals surface area contributed by atoms with Gasteiger partial charge in [-0.25, -0.2) is 4.79 Å². The Kier molecular flexibility index (Phi) is 11.5. The highest BCUT2D eigenvalue weighted by atomic mass is 16.6. The van der Waals surface area contributed by atoms with Crippen molar-refractivity contribution in [2.75, 3.05) is 57.8 Å². The van der Waals surface area contributed by atoms with Crippen LogP contribution in [-0.2, 0) is 9.47 Å². The third kappa shape index (κ3) is 9.04. The number of hydrogen-bond donors (Lipinski definition) is 2. The molecule has 43 heavy (non-hydrogen) atoms. The minimum absolute atomic E-state index is 0.0852. The summed E-state index contributed by atoms with van der Waals surface area (Å²) in [5, 5.41) is 13.4. The number of benzene rings is 2. The first kappa shape index (κ1) is 32.0. The summed E-state index contributed by atoms with van der Waals surface area (Å²) >= 11 is 0. The Morgan fingerprint density at radius 1 is 0.884 bits per heavy atom. The molecule has 3 aliphatic rings. The number of carbonyl (C=O) groups excluding carboxylic acids is 1. The maximum Gasteiger partial charge on any atom is 0.412 e. The van der Waals surface area contributed by atoms with E-state index in [0.29, 0.717) is 11.8 Å². The summed E-state index contributed by atoms with van der Waals surface area (Å²) in [5.74, 6) is 1.94. The molecular weight excluding hydrogens is 538 g/mol. The molecule has 5 rings (SSSR count). The number of amides is 1. The van der Waals surface area contributed by atoms with Crippen LogP contribution in [0, 0.1) is 17.8 Å². The number of fused-ring (bicyclic) bond motifs is 1. The molecule has 1 unspecified atom stereocenters. The predicted molar refractivity (Wildman–Crippen MR) is 173 cm³/mol. The normalized spacial score (nSPS) is 25.7. The zero-order valence-corrected chi connectivity index (χ0v) is 26.4. The summed E-state index contributed by atoms with van der Waals surface area (Å²) in [5.41, 5.74) is 2.37. The number of rotatable bonds is 13. The van der Waals surface area contributed by atoms with E-state index >= 15 is 0 Å². The highest BCUT2D eigenvalue weighted by Gasteiger charge is 2.42. The lowest BCUT2D eigenvalue weighted by molar-refractivity contribution is -0.0166. The number of carbonyl (C=O) groups is 1. The van der Waals surface area contributed by atoms with Gasteiger partial charge in [-0.1, -0.05) is 55.5 Å². The van der Waals surface area contributed by atoms with Crippen molar-refractivity contribution >= 4 is 11.8 Å². The van der Waals surface area contributed by atoms with Crippen LogP contribution in [0.1, 0.15) is 65.2 Å². The second kappa shape index (κ2) is 15.5. The number of unbranched alkanes of at least 4 members (excludes halogenated alkanes) is 2. The van der Waals surface area contributed by atoms with E-state index in [2.05, 4.69) is 29.0 Å². The first-order valence-electron chi connectivity index (χ1n) is 16.8. The van der Waals surface area contributed by atoms with Gasteiger partial charge >= 0.3 is 6.09 Å². The van der Waals surface area contributed by atoms with Crippen LogP contribution in [0.15, 0.2) is 54.6 Å². The lowest BCUT2D eigenvalue weighted by Gasteiger charge is -2.38. The van der Waals surface area contributed by atoms with Gasteiger partial charge in [0.15, 0.2) is 0 Å². The second-order valence-electron chi connectivity index (χ2n) is 13.5. The van der Waals surface area contributed by atoms with Crippen molar-refractivity contribution in [1.29, 1.82) is 0 Å². The minimum atomic E-state index is -0.448. The molecule has 236 valence electrons. The fourth-order valence-electron chi connectivity index (χ4n) is 7.35. The van der Waals surface area contributed by atoms with Gasteiger partial charge in [0.25, 0.3) is 0 Å². The largest absolute Gasteiger partial charge is 0.443 e.